The molecule has 1 N–H and O–H groups in total. The van der Waals surface area contributed by atoms with Crippen molar-refractivity contribution in [2.24, 2.45) is 0 Å². The highest BCUT2D eigenvalue weighted by atomic mass is 16.5. The first kappa shape index (κ1) is 12.8. The summed E-state index contributed by atoms with van der Waals surface area (Å²) in [7, 11) is 1.54. The number of rotatable bonds is 4. The Labute approximate surface area is 111 Å². The molecule has 0 heterocycles. The van der Waals surface area contributed by atoms with Crippen LogP contribution in [0.2, 0.25) is 0 Å². The molecule has 4 nitrogen and oxygen atoms in total. The van der Waals surface area contributed by atoms with Crippen LogP contribution in [0.15, 0.2) is 54.6 Å². The monoisotopic (exact) mass is 255 g/mol. The van der Waals surface area contributed by atoms with Gasteiger partial charge in [-0.25, -0.2) is 0 Å². The number of carbonyl (C=O) groups is 2. The zero-order chi connectivity index (χ0) is 13.7. The number of ether oxygens (including phenoxy) is 1. The lowest BCUT2D eigenvalue weighted by atomic mass is 10.1. The van der Waals surface area contributed by atoms with Gasteiger partial charge in [0.15, 0.2) is 0 Å². The molecule has 0 fully saturated rings. The van der Waals surface area contributed by atoms with E-state index in [1.807, 2.05) is 0 Å². The van der Waals surface area contributed by atoms with Gasteiger partial charge in [-0.15, -0.1) is 0 Å². The summed E-state index contributed by atoms with van der Waals surface area (Å²) in [5, 5.41) is 2.55. The van der Waals surface area contributed by atoms with E-state index in [1.165, 1.54) is 7.11 Å². The molecule has 4 heteroatoms. The molecule has 0 aliphatic carbocycles. The smallest absolute Gasteiger partial charge is 0.296 e. The van der Waals surface area contributed by atoms with Crippen molar-refractivity contribution in [2.45, 2.75) is 0 Å². The molecule has 2 rings (SSSR count). The fraction of sp³-hybridized carbons (Fsp3) is 0.0667. The second-order valence-electron chi connectivity index (χ2n) is 3.88. The van der Waals surface area contributed by atoms with Crippen molar-refractivity contribution in [1.82, 2.24) is 0 Å². The Morgan fingerprint density at radius 1 is 1.00 bits per heavy atom. The predicted octanol–water partition coefficient (Wildman–Crippen LogP) is 2.52. The predicted molar refractivity (Wildman–Crippen MR) is 72.4 cm³/mol. The van der Waals surface area contributed by atoms with E-state index >= 15 is 0 Å². The quantitative estimate of drug-likeness (QED) is 0.674. The Balaban J connectivity index is 2.11. The van der Waals surface area contributed by atoms with Crippen LogP contribution in [-0.2, 0) is 4.79 Å². The van der Waals surface area contributed by atoms with Crippen LogP contribution < -0.4 is 10.1 Å². The summed E-state index contributed by atoms with van der Waals surface area (Å²) in [5.74, 6) is -0.618. The van der Waals surface area contributed by atoms with Crippen LogP contribution >= 0.6 is 0 Å². The van der Waals surface area contributed by atoms with E-state index in [0.29, 0.717) is 17.0 Å². The number of anilines is 1. The van der Waals surface area contributed by atoms with Crippen molar-refractivity contribution in [2.75, 3.05) is 12.4 Å². The van der Waals surface area contributed by atoms with E-state index in [2.05, 4.69) is 5.32 Å². The van der Waals surface area contributed by atoms with Gasteiger partial charge in [-0.2, -0.15) is 0 Å². The molecule has 0 spiro atoms. The first-order valence-electron chi connectivity index (χ1n) is 5.75. The number of carbonyl (C=O) groups excluding carboxylic acids is 2. The highest BCUT2D eigenvalue weighted by molar-refractivity contribution is 6.46. The van der Waals surface area contributed by atoms with E-state index in [1.54, 1.807) is 54.6 Å². The van der Waals surface area contributed by atoms with E-state index in [0.717, 1.165) is 0 Å². The van der Waals surface area contributed by atoms with Crippen LogP contribution in [0.3, 0.4) is 0 Å². The van der Waals surface area contributed by atoms with Gasteiger partial charge in [0.25, 0.3) is 11.7 Å². The van der Waals surface area contributed by atoms with Crippen LogP contribution in [0.25, 0.3) is 0 Å². The number of hydrogen-bond acceptors (Lipinski definition) is 3. The average Bonchev–Trinajstić information content (AvgIpc) is 2.47. The third-order valence-corrected chi connectivity index (χ3v) is 2.57. The van der Waals surface area contributed by atoms with Crippen molar-refractivity contribution in [3.8, 4) is 5.75 Å². The van der Waals surface area contributed by atoms with Gasteiger partial charge in [0.1, 0.15) is 5.75 Å². The fourth-order valence-corrected chi connectivity index (χ4v) is 1.61. The molecule has 0 saturated carbocycles. The molecule has 0 aliphatic heterocycles. The third kappa shape index (κ3) is 3.19. The number of Topliss-reactive ketones (excluding diaryl/α,β-unsaturated/α-hetero) is 1. The number of hydrogen-bond donors (Lipinski definition) is 1. The molecule has 2 aromatic carbocycles. The van der Waals surface area contributed by atoms with Crippen molar-refractivity contribution < 1.29 is 14.3 Å². The van der Waals surface area contributed by atoms with Gasteiger partial charge >= 0.3 is 0 Å². The summed E-state index contributed by atoms with van der Waals surface area (Å²) >= 11 is 0. The van der Waals surface area contributed by atoms with Crippen molar-refractivity contribution in [3.63, 3.8) is 0 Å². The van der Waals surface area contributed by atoms with Crippen molar-refractivity contribution in [3.05, 3.63) is 60.2 Å². The minimum Gasteiger partial charge on any atom is -0.497 e. The number of methoxy groups -OCH3 is 1. The Hall–Kier alpha value is -2.62. The first-order chi connectivity index (χ1) is 9.20. The van der Waals surface area contributed by atoms with E-state index in [9.17, 15) is 9.59 Å². The maximum absolute atomic E-state index is 11.9. The second-order valence-corrected chi connectivity index (χ2v) is 3.88. The van der Waals surface area contributed by atoms with Crippen molar-refractivity contribution in [1.29, 1.82) is 0 Å². The van der Waals surface area contributed by atoms with Gasteiger partial charge < -0.3 is 10.1 Å². The fourth-order valence-electron chi connectivity index (χ4n) is 1.61. The molecule has 96 valence electrons. The molecule has 0 radical (unpaired) electrons. The molecule has 0 aromatic heterocycles. The van der Waals surface area contributed by atoms with Gasteiger partial charge in [-0.1, -0.05) is 36.4 Å². The highest BCUT2D eigenvalue weighted by Gasteiger charge is 2.15. The summed E-state index contributed by atoms with van der Waals surface area (Å²) < 4.78 is 5.05. The molecule has 2 aromatic rings. The highest BCUT2D eigenvalue weighted by Crippen LogP contribution is 2.16. The van der Waals surface area contributed by atoms with Crippen LogP contribution in [-0.4, -0.2) is 18.8 Å². The van der Waals surface area contributed by atoms with E-state index in [-0.39, 0.29) is 0 Å². The number of amides is 1. The van der Waals surface area contributed by atoms with E-state index in [4.69, 9.17) is 4.74 Å². The third-order valence-electron chi connectivity index (χ3n) is 2.57. The summed E-state index contributed by atoms with van der Waals surface area (Å²) in [4.78, 5) is 23.7. The number of nitrogens with one attached hydrogen (secondary N) is 1. The molecule has 0 atom stereocenters. The standard InChI is InChI=1S/C15H13NO3/c1-19-13-9-5-8-12(10-13)16-15(18)14(17)11-6-3-2-4-7-11/h2-10H,1H3,(H,16,18). The Morgan fingerprint density at radius 2 is 1.74 bits per heavy atom. The minimum atomic E-state index is -0.667. The SMILES string of the molecule is COc1cccc(NC(=O)C(=O)c2ccccc2)c1. The maximum Gasteiger partial charge on any atom is 0.296 e. The topological polar surface area (TPSA) is 55.4 Å². The molecular weight excluding hydrogens is 242 g/mol. The molecule has 0 saturated heterocycles. The molecule has 19 heavy (non-hydrogen) atoms. The van der Waals surface area contributed by atoms with Gasteiger partial charge in [-0.05, 0) is 12.1 Å². The van der Waals surface area contributed by atoms with Crippen LogP contribution in [0.5, 0.6) is 5.75 Å². The molecule has 0 aliphatic rings. The summed E-state index contributed by atoms with van der Waals surface area (Å²) in [6.45, 7) is 0. The Morgan fingerprint density at radius 3 is 2.42 bits per heavy atom. The molecule has 1 amide bonds. The van der Waals surface area contributed by atoms with Crippen LogP contribution in [0.1, 0.15) is 10.4 Å². The van der Waals surface area contributed by atoms with Gasteiger partial charge in [0.2, 0.25) is 0 Å². The molecular formula is C15H13NO3. The molecule has 0 unspecified atom stereocenters. The molecule has 0 bridgehead atoms. The Bertz CT molecular complexity index is 593. The van der Waals surface area contributed by atoms with Crippen molar-refractivity contribution >= 4 is 17.4 Å². The zero-order valence-electron chi connectivity index (χ0n) is 10.4. The lowest BCUT2D eigenvalue weighted by molar-refractivity contribution is -0.112. The average molecular weight is 255 g/mol. The van der Waals surface area contributed by atoms with Crippen LogP contribution in [0, 0.1) is 0 Å². The largest absolute Gasteiger partial charge is 0.497 e. The Kier molecular flexibility index (Phi) is 3.93. The summed E-state index contributed by atoms with van der Waals surface area (Å²) in [6, 6.07) is 15.3. The lowest BCUT2D eigenvalue weighted by Gasteiger charge is -2.06. The normalized spacial score (nSPS) is 9.74. The summed E-state index contributed by atoms with van der Waals surface area (Å²) in [6.07, 6.45) is 0. The first-order valence-corrected chi connectivity index (χ1v) is 5.75. The lowest BCUT2D eigenvalue weighted by Crippen LogP contribution is -2.22. The van der Waals surface area contributed by atoms with Crippen LogP contribution in [0.4, 0.5) is 5.69 Å². The van der Waals surface area contributed by atoms with Gasteiger partial charge in [0, 0.05) is 17.3 Å². The van der Waals surface area contributed by atoms with Gasteiger partial charge in [0.05, 0.1) is 7.11 Å². The number of ketones is 1. The van der Waals surface area contributed by atoms with Gasteiger partial charge in [-0.3, -0.25) is 9.59 Å². The minimum absolute atomic E-state index is 0.364. The second kappa shape index (κ2) is 5.82. The summed E-state index contributed by atoms with van der Waals surface area (Å²) in [5.41, 5.74) is 0.886. The maximum atomic E-state index is 11.9. The zero-order valence-corrected chi connectivity index (χ0v) is 10.4. The number of benzene rings is 2. The van der Waals surface area contributed by atoms with E-state index < -0.39 is 11.7 Å².